The number of aromatic nitrogens is 1. The Morgan fingerprint density at radius 1 is 1.28 bits per heavy atom. The number of rotatable bonds is 8. The van der Waals surface area contributed by atoms with Crippen LogP contribution in [0.1, 0.15) is 31.2 Å². The number of nitrogens with zero attached hydrogens (tertiary/aromatic N) is 2. The van der Waals surface area contributed by atoms with Crippen LogP contribution in [0.25, 0.3) is 6.08 Å². The molecule has 10 heteroatoms. The molecule has 2 heterocycles. The third-order valence-electron chi connectivity index (χ3n) is 4.11. The van der Waals surface area contributed by atoms with Crippen molar-refractivity contribution in [1.29, 1.82) is 0 Å². The quantitative estimate of drug-likeness (QED) is 0.288. The first-order valence-electron chi connectivity index (χ1n) is 8.84. The van der Waals surface area contributed by atoms with Crippen LogP contribution in [0.4, 0.5) is 5.13 Å². The number of hydrogen-bond donors (Lipinski definition) is 1. The van der Waals surface area contributed by atoms with Gasteiger partial charge in [0.1, 0.15) is 4.32 Å². The molecule has 5 nitrogen and oxygen atoms in total. The highest BCUT2D eigenvalue weighted by molar-refractivity contribution is 8.26. The molecule has 1 fully saturated rings. The summed E-state index contributed by atoms with van der Waals surface area (Å²) in [6, 6.07) is 5.28. The maximum atomic E-state index is 12.7. The van der Waals surface area contributed by atoms with E-state index >= 15 is 0 Å². The van der Waals surface area contributed by atoms with Gasteiger partial charge in [-0.2, -0.15) is 0 Å². The van der Waals surface area contributed by atoms with E-state index in [0.717, 1.165) is 19.3 Å². The molecule has 3 rings (SSSR count). The van der Waals surface area contributed by atoms with Gasteiger partial charge in [0, 0.05) is 24.5 Å². The summed E-state index contributed by atoms with van der Waals surface area (Å²) in [5, 5.41) is 6.03. The number of halogens is 2. The molecule has 1 aliphatic rings. The molecule has 0 unspecified atom stereocenters. The zero-order chi connectivity index (χ0) is 20.8. The first-order chi connectivity index (χ1) is 14.0. The fourth-order valence-electron chi connectivity index (χ4n) is 2.67. The zero-order valence-electron chi connectivity index (χ0n) is 15.2. The second-order valence-electron chi connectivity index (χ2n) is 6.17. The Morgan fingerprint density at radius 3 is 2.86 bits per heavy atom. The normalized spacial score (nSPS) is 15.4. The lowest BCUT2D eigenvalue weighted by Crippen LogP contribution is -2.29. The zero-order valence-corrected chi connectivity index (χ0v) is 19.2. The van der Waals surface area contributed by atoms with E-state index in [1.54, 1.807) is 35.4 Å². The third kappa shape index (κ3) is 6.02. The Morgan fingerprint density at radius 2 is 2.10 bits per heavy atom. The van der Waals surface area contributed by atoms with Crippen molar-refractivity contribution in [2.45, 2.75) is 25.7 Å². The molecule has 0 spiro atoms. The SMILES string of the molecule is O=C(CCCCCN1C(=O)/C(=C/c2cccc(Cl)c2Cl)SC1=S)Nc1nccs1. The summed E-state index contributed by atoms with van der Waals surface area (Å²) in [6.45, 7) is 0.527. The number of carbonyl (C=O) groups is 2. The second-order valence-corrected chi connectivity index (χ2v) is 9.53. The molecular formula is C19H17Cl2N3O2S3. The number of hydrogen-bond acceptors (Lipinski definition) is 6. The van der Waals surface area contributed by atoms with E-state index < -0.39 is 0 Å². The van der Waals surface area contributed by atoms with Crippen LogP contribution in [0, 0.1) is 0 Å². The molecule has 2 amide bonds. The molecule has 1 aromatic carbocycles. The summed E-state index contributed by atoms with van der Waals surface area (Å²) in [6.07, 6.45) is 6.11. The number of nitrogens with one attached hydrogen (secondary N) is 1. The molecule has 2 aromatic rings. The van der Waals surface area contributed by atoms with E-state index in [9.17, 15) is 9.59 Å². The Bertz CT molecular complexity index is 948. The number of thiocarbonyl (C=S) groups is 1. The number of unbranched alkanes of at least 4 members (excludes halogenated alkanes) is 2. The predicted octanol–water partition coefficient (Wildman–Crippen LogP) is 5.85. The Hall–Kier alpha value is -1.45. The van der Waals surface area contributed by atoms with Crippen LogP contribution in [-0.4, -0.2) is 32.6 Å². The number of amides is 2. The van der Waals surface area contributed by atoms with Crippen LogP contribution < -0.4 is 5.32 Å². The van der Waals surface area contributed by atoms with Crippen LogP contribution in [0.15, 0.2) is 34.7 Å². The summed E-state index contributed by atoms with van der Waals surface area (Å²) < 4.78 is 0.529. The maximum Gasteiger partial charge on any atom is 0.266 e. The molecule has 0 radical (unpaired) electrons. The Labute approximate surface area is 192 Å². The van der Waals surface area contributed by atoms with Crippen molar-refractivity contribution in [3.05, 3.63) is 50.3 Å². The highest BCUT2D eigenvalue weighted by Crippen LogP contribution is 2.35. The number of thiazole rings is 1. The van der Waals surface area contributed by atoms with E-state index in [1.165, 1.54) is 23.1 Å². The lowest BCUT2D eigenvalue weighted by Gasteiger charge is -2.14. The van der Waals surface area contributed by atoms with Crippen molar-refractivity contribution in [1.82, 2.24) is 9.88 Å². The molecule has 1 aromatic heterocycles. The van der Waals surface area contributed by atoms with Crippen molar-refractivity contribution < 1.29 is 9.59 Å². The summed E-state index contributed by atoms with van der Waals surface area (Å²) in [7, 11) is 0. The van der Waals surface area contributed by atoms with Crippen LogP contribution in [-0.2, 0) is 9.59 Å². The van der Waals surface area contributed by atoms with Crippen LogP contribution in [0.3, 0.4) is 0 Å². The molecule has 0 bridgehead atoms. The van der Waals surface area contributed by atoms with Crippen LogP contribution in [0.2, 0.25) is 10.0 Å². The lowest BCUT2D eigenvalue weighted by atomic mass is 10.1. The molecule has 0 saturated carbocycles. The monoisotopic (exact) mass is 485 g/mol. The highest BCUT2D eigenvalue weighted by atomic mass is 35.5. The molecular weight excluding hydrogens is 469 g/mol. The molecule has 152 valence electrons. The van der Waals surface area contributed by atoms with Gasteiger partial charge in [-0.15, -0.1) is 11.3 Å². The minimum atomic E-state index is -0.127. The van der Waals surface area contributed by atoms with Gasteiger partial charge in [-0.25, -0.2) is 4.98 Å². The minimum absolute atomic E-state index is 0.0492. The summed E-state index contributed by atoms with van der Waals surface area (Å²) in [5.41, 5.74) is 0.686. The van der Waals surface area contributed by atoms with E-state index in [2.05, 4.69) is 10.3 Å². The molecule has 29 heavy (non-hydrogen) atoms. The van der Waals surface area contributed by atoms with E-state index in [0.29, 0.717) is 42.9 Å². The van der Waals surface area contributed by atoms with Crippen molar-refractivity contribution in [3.8, 4) is 0 Å². The molecule has 1 N–H and O–H groups in total. The van der Waals surface area contributed by atoms with Crippen molar-refractivity contribution in [3.63, 3.8) is 0 Å². The van der Waals surface area contributed by atoms with Gasteiger partial charge in [0.2, 0.25) is 5.91 Å². The number of benzene rings is 1. The summed E-state index contributed by atoms with van der Waals surface area (Å²) >= 11 is 20.2. The molecule has 1 aliphatic heterocycles. The average molecular weight is 486 g/mol. The number of anilines is 1. The summed E-state index contributed by atoms with van der Waals surface area (Å²) in [5.74, 6) is -0.176. The molecule has 0 atom stereocenters. The first-order valence-corrected chi connectivity index (χ1v) is 11.7. The van der Waals surface area contributed by atoms with E-state index in [-0.39, 0.29) is 11.8 Å². The summed E-state index contributed by atoms with van der Waals surface area (Å²) in [4.78, 5) is 30.7. The fourth-order valence-corrected chi connectivity index (χ4v) is 4.87. The van der Waals surface area contributed by atoms with Gasteiger partial charge in [0.15, 0.2) is 5.13 Å². The van der Waals surface area contributed by atoms with Crippen LogP contribution in [0.5, 0.6) is 0 Å². The van der Waals surface area contributed by atoms with Gasteiger partial charge in [0.25, 0.3) is 5.91 Å². The standard InChI is InChI=1S/C19H17Cl2N3O2S3/c20-13-6-4-5-12(16(13)21)11-14-17(26)24(19(27)29-14)9-3-1-2-7-15(25)23-18-22-8-10-28-18/h4-6,8,10-11H,1-3,7,9H2,(H,22,23,25)/b14-11-. The van der Waals surface area contributed by atoms with Gasteiger partial charge in [-0.1, -0.05) is 65.7 Å². The van der Waals surface area contributed by atoms with E-state index in [4.69, 9.17) is 35.4 Å². The number of carbonyl (C=O) groups excluding carboxylic acids is 2. The third-order valence-corrected chi connectivity index (χ3v) is 7.01. The Kier molecular flexibility index (Phi) is 8.08. The predicted molar refractivity (Wildman–Crippen MR) is 126 cm³/mol. The van der Waals surface area contributed by atoms with Crippen molar-refractivity contribution in [2.75, 3.05) is 11.9 Å². The van der Waals surface area contributed by atoms with Gasteiger partial charge in [-0.3, -0.25) is 14.5 Å². The van der Waals surface area contributed by atoms with Gasteiger partial charge >= 0.3 is 0 Å². The molecule has 0 aliphatic carbocycles. The fraction of sp³-hybridized carbons (Fsp3) is 0.263. The smallest absolute Gasteiger partial charge is 0.266 e. The minimum Gasteiger partial charge on any atom is -0.302 e. The van der Waals surface area contributed by atoms with Gasteiger partial charge < -0.3 is 5.32 Å². The second kappa shape index (κ2) is 10.5. The van der Waals surface area contributed by atoms with Gasteiger partial charge in [0.05, 0.1) is 15.0 Å². The number of thioether (sulfide) groups is 1. The van der Waals surface area contributed by atoms with Crippen molar-refractivity contribution >= 4 is 85.9 Å². The van der Waals surface area contributed by atoms with Gasteiger partial charge in [-0.05, 0) is 30.5 Å². The lowest BCUT2D eigenvalue weighted by molar-refractivity contribution is -0.122. The highest BCUT2D eigenvalue weighted by Gasteiger charge is 2.31. The maximum absolute atomic E-state index is 12.7. The largest absolute Gasteiger partial charge is 0.302 e. The first kappa shape index (κ1) is 22.2. The van der Waals surface area contributed by atoms with Crippen LogP contribution >= 0.6 is 58.5 Å². The van der Waals surface area contributed by atoms with Crippen molar-refractivity contribution in [2.24, 2.45) is 0 Å². The Balaban J connectivity index is 1.46. The van der Waals surface area contributed by atoms with E-state index in [1.807, 2.05) is 5.38 Å². The average Bonchev–Trinajstić information content (AvgIpc) is 3.28. The molecule has 1 saturated heterocycles. The topological polar surface area (TPSA) is 62.3 Å².